The van der Waals surface area contributed by atoms with Crippen molar-refractivity contribution in [3.8, 4) is 0 Å². The van der Waals surface area contributed by atoms with E-state index < -0.39 is 5.97 Å². The van der Waals surface area contributed by atoms with Gasteiger partial charge in [0, 0.05) is 24.5 Å². The summed E-state index contributed by atoms with van der Waals surface area (Å²) in [4.78, 5) is 26.6. The van der Waals surface area contributed by atoms with Crippen molar-refractivity contribution in [2.45, 2.75) is 19.8 Å². The van der Waals surface area contributed by atoms with Gasteiger partial charge in [0.05, 0.1) is 24.4 Å². The molecule has 0 bridgehead atoms. The third-order valence-corrected chi connectivity index (χ3v) is 4.49. The van der Waals surface area contributed by atoms with Gasteiger partial charge in [0.2, 0.25) is 5.91 Å². The smallest absolute Gasteiger partial charge is 0.340 e. The SMILES string of the molecule is CCOC(=O)c1ccccc1NC(=O)CNc1ccc(N2CCCC2)cc1. The molecule has 1 aliphatic rings. The summed E-state index contributed by atoms with van der Waals surface area (Å²) in [5.41, 5.74) is 2.90. The maximum atomic E-state index is 12.3. The molecule has 0 unspecified atom stereocenters. The van der Waals surface area contributed by atoms with Crippen LogP contribution in [0.2, 0.25) is 0 Å². The lowest BCUT2D eigenvalue weighted by Gasteiger charge is -2.18. The van der Waals surface area contributed by atoms with E-state index in [1.54, 1.807) is 31.2 Å². The van der Waals surface area contributed by atoms with Gasteiger partial charge in [-0.25, -0.2) is 4.79 Å². The number of esters is 1. The van der Waals surface area contributed by atoms with E-state index in [4.69, 9.17) is 4.74 Å². The van der Waals surface area contributed by atoms with Crippen LogP contribution in [0.3, 0.4) is 0 Å². The third-order valence-electron chi connectivity index (χ3n) is 4.49. The highest BCUT2D eigenvalue weighted by Gasteiger charge is 2.14. The van der Waals surface area contributed by atoms with E-state index in [1.165, 1.54) is 18.5 Å². The number of para-hydroxylation sites is 1. The molecule has 1 fully saturated rings. The number of ether oxygens (including phenoxy) is 1. The first-order valence-corrected chi connectivity index (χ1v) is 9.32. The van der Waals surface area contributed by atoms with E-state index in [-0.39, 0.29) is 19.1 Å². The fourth-order valence-corrected chi connectivity index (χ4v) is 3.12. The van der Waals surface area contributed by atoms with E-state index >= 15 is 0 Å². The largest absolute Gasteiger partial charge is 0.462 e. The van der Waals surface area contributed by atoms with Crippen molar-refractivity contribution in [2.75, 3.05) is 41.8 Å². The number of nitrogens with one attached hydrogen (secondary N) is 2. The molecule has 0 atom stereocenters. The lowest BCUT2D eigenvalue weighted by Crippen LogP contribution is -2.23. The lowest BCUT2D eigenvalue weighted by molar-refractivity contribution is -0.114. The van der Waals surface area contributed by atoms with Crippen LogP contribution in [0.5, 0.6) is 0 Å². The molecule has 6 heteroatoms. The first-order valence-electron chi connectivity index (χ1n) is 9.32. The fourth-order valence-electron chi connectivity index (χ4n) is 3.12. The predicted octanol–water partition coefficient (Wildman–Crippen LogP) is 3.51. The quantitative estimate of drug-likeness (QED) is 0.733. The Morgan fingerprint density at radius 2 is 1.74 bits per heavy atom. The second-order valence-corrected chi connectivity index (χ2v) is 6.41. The van der Waals surface area contributed by atoms with Crippen LogP contribution in [-0.4, -0.2) is 38.1 Å². The zero-order chi connectivity index (χ0) is 19.1. The Kier molecular flexibility index (Phi) is 6.30. The number of benzene rings is 2. The number of carbonyl (C=O) groups is 2. The van der Waals surface area contributed by atoms with Gasteiger partial charge in [-0.3, -0.25) is 4.79 Å². The van der Waals surface area contributed by atoms with Crippen LogP contribution < -0.4 is 15.5 Å². The molecule has 1 aliphatic heterocycles. The molecule has 2 aromatic rings. The van der Waals surface area contributed by atoms with E-state index in [0.29, 0.717) is 11.3 Å². The minimum atomic E-state index is -0.445. The Bertz CT molecular complexity index is 784. The zero-order valence-electron chi connectivity index (χ0n) is 15.5. The molecule has 0 aromatic heterocycles. The van der Waals surface area contributed by atoms with Gasteiger partial charge in [0.25, 0.3) is 0 Å². The van der Waals surface area contributed by atoms with Crippen LogP contribution in [0.1, 0.15) is 30.1 Å². The second-order valence-electron chi connectivity index (χ2n) is 6.41. The molecule has 3 rings (SSSR count). The highest BCUT2D eigenvalue weighted by molar-refractivity contribution is 6.02. The van der Waals surface area contributed by atoms with Crippen molar-refractivity contribution >= 4 is 28.9 Å². The summed E-state index contributed by atoms with van der Waals surface area (Å²) in [5.74, 6) is -0.672. The Morgan fingerprint density at radius 1 is 1.04 bits per heavy atom. The fraction of sp³-hybridized carbons (Fsp3) is 0.333. The van der Waals surface area contributed by atoms with Gasteiger partial charge in [0.15, 0.2) is 0 Å². The first kappa shape index (κ1) is 18.8. The molecule has 0 spiro atoms. The Labute approximate surface area is 159 Å². The van der Waals surface area contributed by atoms with E-state index in [2.05, 4.69) is 27.7 Å². The highest BCUT2D eigenvalue weighted by atomic mass is 16.5. The molecular weight excluding hydrogens is 342 g/mol. The van der Waals surface area contributed by atoms with Crippen molar-refractivity contribution in [3.63, 3.8) is 0 Å². The standard InChI is InChI=1S/C21H25N3O3/c1-2-27-21(26)18-7-3-4-8-19(18)23-20(25)15-22-16-9-11-17(12-10-16)24-13-5-6-14-24/h3-4,7-12,22H,2,5-6,13-15H2,1H3,(H,23,25). The van der Waals surface area contributed by atoms with Crippen molar-refractivity contribution in [1.82, 2.24) is 0 Å². The van der Waals surface area contributed by atoms with Crippen LogP contribution in [-0.2, 0) is 9.53 Å². The number of amides is 1. The molecule has 27 heavy (non-hydrogen) atoms. The maximum Gasteiger partial charge on any atom is 0.340 e. The van der Waals surface area contributed by atoms with Gasteiger partial charge in [-0.15, -0.1) is 0 Å². The first-order chi connectivity index (χ1) is 13.2. The monoisotopic (exact) mass is 367 g/mol. The highest BCUT2D eigenvalue weighted by Crippen LogP contribution is 2.22. The zero-order valence-corrected chi connectivity index (χ0v) is 15.5. The molecule has 1 saturated heterocycles. The summed E-state index contributed by atoms with van der Waals surface area (Å²) >= 11 is 0. The molecule has 1 amide bonds. The maximum absolute atomic E-state index is 12.3. The van der Waals surface area contributed by atoms with Gasteiger partial charge in [-0.1, -0.05) is 12.1 Å². The minimum Gasteiger partial charge on any atom is -0.462 e. The number of anilines is 3. The van der Waals surface area contributed by atoms with Gasteiger partial charge in [0.1, 0.15) is 0 Å². The van der Waals surface area contributed by atoms with E-state index in [0.717, 1.165) is 18.8 Å². The topological polar surface area (TPSA) is 70.7 Å². The van der Waals surface area contributed by atoms with E-state index in [1.807, 2.05) is 12.1 Å². The summed E-state index contributed by atoms with van der Waals surface area (Å²) in [6, 6.07) is 14.9. The minimum absolute atomic E-state index is 0.111. The van der Waals surface area contributed by atoms with Crippen LogP contribution in [0.25, 0.3) is 0 Å². The van der Waals surface area contributed by atoms with Gasteiger partial charge >= 0.3 is 5.97 Å². The summed E-state index contributed by atoms with van der Waals surface area (Å²) in [7, 11) is 0. The summed E-state index contributed by atoms with van der Waals surface area (Å²) in [6.07, 6.45) is 2.49. The summed E-state index contributed by atoms with van der Waals surface area (Å²) in [6.45, 7) is 4.36. The van der Waals surface area contributed by atoms with Gasteiger partial charge < -0.3 is 20.3 Å². The Balaban J connectivity index is 1.55. The van der Waals surface area contributed by atoms with Crippen molar-refractivity contribution < 1.29 is 14.3 Å². The normalized spacial score (nSPS) is 13.3. The van der Waals surface area contributed by atoms with Crippen molar-refractivity contribution in [1.29, 1.82) is 0 Å². The van der Waals surface area contributed by atoms with Gasteiger partial charge in [-0.05, 0) is 56.2 Å². The predicted molar refractivity (Wildman–Crippen MR) is 107 cm³/mol. The van der Waals surface area contributed by atoms with Crippen LogP contribution in [0, 0.1) is 0 Å². The average molecular weight is 367 g/mol. The van der Waals surface area contributed by atoms with Crippen LogP contribution >= 0.6 is 0 Å². The molecule has 0 radical (unpaired) electrons. The van der Waals surface area contributed by atoms with E-state index in [9.17, 15) is 9.59 Å². The molecule has 1 heterocycles. The summed E-state index contributed by atoms with van der Waals surface area (Å²) < 4.78 is 5.02. The number of hydrogen-bond acceptors (Lipinski definition) is 5. The summed E-state index contributed by atoms with van der Waals surface area (Å²) in [5, 5.41) is 5.88. The molecule has 0 aliphatic carbocycles. The average Bonchev–Trinajstić information content (AvgIpc) is 3.22. The Hall–Kier alpha value is -3.02. The number of carbonyl (C=O) groups excluding carboxylic acids is 2. The molecule has 6 nitrogen and oxygen atoms in total. The second kappa shape index (κ2) is 9.07. The van der Waals surface area contributed by atoms with Crippen molar-refractivity contribution in [3.05, 3.63) is 54.1 Å². The molecule has 0 saturated carbocycles. The number of rotatable bonds is 7. The van der Waals surface area contributed by atoms with Crippen molar-refractivity contribution in [2.24, 2.45) is 0 Å². The molecule has 2 N–H and O–H groups in total. The van der Waals surface area contributed by atoms with Crippen LogP contribution in [0.4, 0.5) is 17.1 Å². The molecular formula is C21H25N3O3. The lowest BCUT2D eigenvalue weighted by atomic mass is 10.2. The Morgan fingerprint density at radius 3 is 2.44 bits per heavy atom. The third kappa shape index (κ3) is 5.00. The molecule has 142 valence electrons. The van der Waals surface area contributed by atoms with Gasteiger partial charge in [-0.2, -0.15) is 0 Å². The number of hydrogen-bond donors (Lipinski definition) is 2. The molecule has 2 aromatic carbocycles. The number of nitrogens with zero attached hydrogens (tertiary/aromatic N) is 1. The van der Waals surface area contributed by atoms with Crippen LogP contribution in [0.15, 0.2) is 48.5 Å².